The summed E-state index contributed by atoms with van der Waals surface area (Å²) in [5, 5.41) is 9.50. The molecular formula is C43H53N7O8. The van der Waals surface area contributed by atoms with Gasteiger partial charge in [0.05, 0.1) is 6.42 Å². The molecule has 4 aliphatic rings. The summed E-state index contributed by atoms with van der Waals surface area (Å²) in [5.74, 6) is -3.77. The monoisotopic (exact) mass is 795 g/mol. The summed E-state index contributed by atoms with van der Waals surface area (Å²) in [7, 11) is 1.92. The van der Waals surface area contributed by atoms with E-state index in [0.29, 0.717) is 45.1 Å². The van der Waals surface area contributed by atoms with Crippen molar-refractivity contribution in [2.45, 2.75) is 101 Å². The quantitative estimate of drug-likeness (QED) is 0.302. The molecule has 58 heavy (non-hydrogen) atoms. The molecule has 4 aliphatic heterocycles. The van der Waals surface area contributed by atoms with Crippen LogP contribution in [0.2, 0.25) is 0 Å². The smallest absolute Gasteiger partial charge is 0.328 e. The number of nitrogens with one attached hydrogen (secondary N) is 3. The third-order valence-electron chi connectivity index (χ3n) is 12.0. The first-order valence-corrected chi connectivity index (χ1v) is 20.4. The maximum atomic E-state index is 14.6. The van der Waals surface area contributed by atoms with E-state index in [2.05, 4.69) is 16.0 Å². The first-order valence-electron chi connectivity index (χ1n) is 20.4. The van der Waals surface area contributed by atoms with Gasteiger partial charge >= 0.3 is 5.97 Å². The predicted molar refractivity (Wildman–Crippen MR) is 213 cm³/mol. The van der Waals surface area contributed by atoms with Crippen LogP contribution >= 0.6 is 0 Å². The van der Waals surface area contributed by atoms with Gasteiger partial charge in [0, 0.05) is 44.8 Å². The van der Waals surface area contributed by atoms with Crippen molar-refractivity contribution in [3.8, 4) is 0 Å². The Bertz CT molecular complexity index is 2070. The molecule has 1 aromatic heterocycles. The summed E-state index contributed by atoms with van der Waals surface area (Å²) < 4.78 is 7.75. The first kappa shape index (κ1) is 40.5. The lowest BCUT2D eigenvalue weighted by Gasteiger charge is -2.39. The molecule has 0 aliphatic carbocycles. The second-order valence-corrected chi connectivity index (χ2v) is 16.3. The molecule has 7 rings (SSSR count). The van der Waals surface area contributed by atoms with Gasteiger partial charge in [-0.25, -0.2) is 4.79 Å². The molecule has 0 spiro atoms. The summed E-state index contributed by atoms with van der Waals surface area (Å²) in [6, 6.07) is 10.7. The van der Waals surface area contributed by atoms with E-state index in [1.165, 1.54) is 14.7 Å². The molecule has 6 amide bonds. The number of esters is 1. The lowest BCUT2D eigenvalue weighted by Crippen LogP contribution is -2.62. The molecule has 7 atom stereocenters. The number of piperidine rings is 1. The molecule has 0 saturated carbocycles. The Kier molecular flexibility index (Phi) is 12.1. The number of rotatable bonds is 7. The van der Waals surface area contributed by atoms with Crippen molar-refractivity contribution < 1.29 is 38.3 Å². The van der Waals surface area contributed by atoms with Crippen molar-refractivity contribution in [1.29, 1.82) is 0 Å². The van der Waals surface area contributed by atoms with Crippen molar-refractivity contribution in [1.82, 2.24) is 35.2 Å². The third kappa shape index (κ3) is 8.72. The van der Waals surface area contributed by atoms with E-state index in [1.807, 2.05) is 79.3 Å². The zero-order valence-corrected chi connectivity index (χ0v) is 33.4. The van der Waals surface area contributed by atoms with Crippen LogP contribution in [0.1, 0.15) is 63.5 Å². The van der Waals surface area contributed by atoms with Crippen LogP contribution < -0.4 is 16.0 Å². The Hall–Kier alpha value is -5.73. The van der Waals surface area contributed by atoms with Crippen molar-refractivity contribution in [3.05, 3.63) is 71.9 Å². The fourth-order valence-electron chi connectivity index (χ4n) is 8.90. The van der Waals surface area contributed by atoms with Crippen LogP contribution in [0, 0.1) is 5.92 Å². The molecule has 15 nitrogen and oxygen atoms in total. The number of carbonyl (C=O) groups excluding carboxylic acids is 7. The minimum absolute atomic E-state index is 0.000393. The van der Waals surface area contributed by atoms with Crippen LogP contribution in [0.15, 0.2) is 60.8 Å². The second kappa shape index (κ2) is 17.4. The zero-order valence-electron chi connectivity index (χ0n) is 33.4. The SMILES string of the molecule is C[C@@H]1C[C@H]2C(=O)OC[C@H](NC(=O)[C@H](Cc3ccccc3)NC(=O)Cc3ccc4ccn(C)c4c3)C(=O)N3CCC[C@H]3C(=O)N3CCCC[C@H]3C(=O)N[C@@H](C)C(=O)N2C1. The van der Waals surface area contributed by atoms with Gasteiger partial charge < -0.3 is 40.0 Å². The summed E-state index contributed by atoms with van der Waals surface area (Å²) in [6.07, 6.45) is 5.02. The van der Waals surface area contributed by atoms with E-state index >= 15 is 0 Å². The minimum atomic E-state index is -1.42. The Morgan fingerprint density at radius 2 is 1.57 bits per heavy atom. The molecule has 0 unspecified atom stereocenters. The highest BCUT2D eigenvalue weighted by Crippen LogP contribution is 2.28. The molecule has 4 fully saturated rings. The van der Waals surface area contributed by atoms with E-state index in [1.54, 1.807) is 6.92 Å². The fraction of sp³-hybridized carbons (Fsp3) is 0.512. The number of benzene rings is 2. The summed E-state index contributed by atoms with van der Waals surface area (Å²) in [4.78, 5) is 102. The van der Waals surface area contributed by atoms with Crippen molar-refractivity contribution in [2.75, 3.05) is 26.2 Å². The Labute approximate surface area is 337 Å². The minimum Gasteiger partial charge on any atom is -0.461 e. The molecule has 15 heteroatoms. The Morgan fingerprint density at radius 1 is 0.828 bits per heavy atom. The van der Waals surface area contributed by atoms with E-state index in [4.69, 9.17) is 4.74 Å². The third-order valence-corrected chi connectivity index (χ3v) is 12.0. The van der Waals surface area contributed by atoms with Gasteiger partial charge in [0.1, 0.15) is 42.9 Å². The number of hydrogen-bond donors (Lipinski definition) is 3. The first-order chi connectivity index (χ1) is 27.9. The van der Waals surface area contributed by atoms with Crippen LogP contribution in [0.25, 0.3) is 10.9 Å². The number of ether oxygens (including phenoxy) is 1. The van der Waals surface area contributed by atoms with Crippen molar-refractivity contribution >= 4 is 52.3 Å². The second-order valence-electron chi connectivity index (χ2n) is 16.3. The molecule has 2 aromatic carbocycles. The van der Waals surface area contributed by atoms with E-state index in [-0.39, 0.29) is 37.8 Å². The number of amides is 6. The van der Waals surface area contributed by atoms with Crippen LogP contribution in [-0.4, -0.2) is 123 Å². The zero-order chi connectivity index (χ0) is 41.1. The highest BCUT2D eigenvalue weighted by atomic mass is 16.5. The number of hydrogen-bond acceptors (Lipinski definition) is 8. The molecule has 3 aromatic rings. The Balaban J connectivity index is 1.17. The highest BCUT2D eigenvalue weighted by molar-refractivity contribution is 5.98. The number of cyclic esters (lactones) is 1. The number of fused-ring (bicyclic) bond motifs is 4. The fourth-order valence-corrected chi connectivity index (χ4v) is 8.90. The van der Waals surface area contributed by atoms with E-state index < -0.39 is 78.4 Å². The van der Waals surface area contributed by atoms with Crippen LogP contribution in [-0.2, 0) is 58.2 Å². The lowest BCUT2D eigenvalue weighted by atomic mass is 9.99. The molecule has 0 radical (unpaired) electrons. The maximum Gasteiger partial charge on any atom is 0.328 e. The molecule has 5 heterocycles. The highest BCUT2D eigenvalue weighted by Gasteiger charge is 2.46. The van der Waals surface area contributed by atoms with Gasteiger partial charge in [0.2, 0.25) is 35.4 Å². The van der Waals surface area contributed by atoms with Crippen molar-refractivity contribution in [2.24, 2.45) is 13.0 Å². The maximum absolute atomic E-state index is 14.6. The van der Waals surface area contributed by atoms with Gasteiger partial charge in [-0.15, -0.1) is 0 Å². The van der Waals surface area contributed by atoms with Gasteiger partial charge in [-0.05, 0) is 80.0 Å². The number of aromatic nitrogens is 1. The summed E-state index contributed by atoms with van der Waals surface area (Å²) in [5.41, 5.74) is 2.49. The van der Waals surface area contributed by atoms with Gasteiger partial charge in [0.25, 0.3) is 0 Å². The largest absolute Gasteiger partial charge is 0.461 e. The summed E-state index contributed by atoms with van der Waals surface area (Å²) in [6.45, 7) is 3.72. The number of carbonyl (C=O) groups is 7. The number of aryl methyl sites for hydroxylation is 1. The predicted octanol–water partition coefficient (Wildman–Crippen LogP) is 1.60. The number of nitrogens with zero attached hydrogens (tertiary/aromatic N) is 4. The molecule has 308 valence electrons. The molecule has 0 bridgehead atoms. The molecular weight excluding hydrogens is 743 g/mol. The van der Waals surface area contributed by atoms with Crippen molar-refractivity contribution in [3.63, 3.8) is 0 Å². The average Bonchev–Trinajstić information content (AvgIpc) is 3.97. The molecule has 3 N–H and O–H groups in total. The Morgan fingerprint density at radius 3 is 2.36 bits per heavy atom. The van der Waals surface area contributed by atoms with Gasteiger partial charge in [-0.3, -0.25) is 28.8 Å². The van der Waals surface area contributed by atoms with Gasteiger partial charge in [0.15, 0.2) is 0 Å². The van der Waals surface area contributed by atoms with Crippen LogP contribution in [0.3, 0.4) is 0 Å². The van der Waals surface area contributed by atoms with Gasteiger partial charge in [-0.1, -0.05) is 49.4 Å². The molecule has 4 saturated heterocycles. The van der Waals surface area contributed by atoms with E-state index in [9.17, 15) is 33.6 Å². The standard InChI is InChI=1S/C43H53N7O8/c1-26-20-36-43(57)58-25-32(41(55)49-18-9-13-34(49)42(56)48-17-8-7-12-33(48)39(53)44-27(2)40(54)50(36)24-26)46-38(52)31(21-28-10-5-4-6-11-28)45-37(51)23-29-14-15-30-16-19-47(3)35(30)22-29/h4-6,10-11,14-16,19,22,26-27,31-34,36H,7-9,12-13,17-18,20-21,23-25H2,1-3H3,(H,44,53)(H,45,51)(H,46,52)/t26-,27+,31+,32+,33+,34+,36+/m1/s1. The van der Waals surface area contributed by atoms with Crippen LogP contribution in [0.4, 0.5) is 0 Å². The topological polar surface area (TPSA) is 179 Å². The average molecular weight is 796 g/mol. The lowest BCUT2D eigenvalue weighted by molar-refractivity contribution is -0.158. The summed E-state index contributed by atoms with van der Waals surface area (Å²) >= 11 is 0. The van der Waals surface area contributed by atoms with Crippen LogP contribution in [0.5, 0.6) is 0 Å². The normalized spacial score (nSPS) is 26.4. The van der Waals surface area contributed by atoms with E-state index in [0.717, 1.165) is 22.0 Å². The van der Waals surface area contributed by atoms with Gasteiger partial charge in [-0.2, -0.15) is 0 Å².